The second-order valence-electron chi connectivity index (χ2n) is 13.7. The Balaban J connectivity index is 1.73. The lowest BCUT2D eigenvalue weighted by Crippen LogP contribution is -2.52. The predicted octanol–water partition coefficient (Wildman–Crippen LogP) is 3.01. The highest BCUT2D eigenvalue weighted by Gasteiger charge is 2.33. The maximum absolute atomic E-state index is 13.4. The molecule has 1 aliphatic rings. The van der Waals surface area contributed by atoms with E-state index in [9.17, 15) is 33.6 Å². The van der Waals surface area contributed by atoms with E-state index in [1.807, 2.05) is 48.5 Å². The third-order valence-electron chi connectivity index (χ3n) is 8.35. The fourth-order valence-corrected chi connectivity index (χ4v) is 5.81. The van der Waals surface area contributed by atoms with Crippen molar-refractivity contribution in [3.05, 3.63) is 83.4 Å². The molecule has 3 N–H and O–H groups in total. The number of hydrogen-bond donors (Lipinski definition) is 3. The first-order valence-corrected chi connectivity index (χ1v) is 17.8. The van der Waals surface area contributed by atoms with Crippen molar-refractivity contribution in [3.63, 3.8) is 0 Å². The van der Waals surface area contributed by atoms with Gasteiger partial charge < -0.3 is 41.2 Å². The van der Waals surface area contributed by atoms with Crippen molar-refractivity contribution in [3.8, 4) is 11.1 Å². The van der Waals surface area contributed by atoms with E-state index in [-0.39, 0.29) is 51.2 Å². The molecule has 2 aromatic carbocycles. The minimum atomic E-state index is -1.45. The molecule has 0 aliphatic heterocycles. The van der Waals surface area contributed by atoms with Crippen LogP contribution in [0.1, 0.15) is 76.3 Å². The van der Waals surface area contributed by atoms with Crippen molar-refractivity contribution >= 4 is 53.8 Å². The molecule has 0 saturated carbocycles. The highest BCUT2D eigenvalue weighted by molar-refractivity contribution is 6.25. The maximum Gasteiger partial charge on any atom is 0.407 e. The molecule has 0 saturated heterocycles. The topological polar surface area (TPSA) is 256 Å². The van der Waals surface area contributed by atoms with Crippen LogP contribution in [0.2, 0.25) is 0 Å². The SMILES string of the molecule is C=CCOC(=O)[C@H](CCC(=O)C=[N+]=[N-])NC(=O)[C@H](CCC(=O)C=[N+]=[N-])NC(=O)CC[C@H](NC(=O)OCC1c2ccccc2-c2ccccc21)C(=O)OC(C)(C)C. The fourth-order valence-electron chi connectivity index (χ4n) is 5.81. The summed E-state index contributed by atoms with van der Waals surface area (Å²) >= 11 is 0. The van der Waals surface area contributed by atoms with Gasteiger partial charge in [-0.05, 0) is 62.3 Å². The number of hydrogen-bond acceptors (Lipinski definition) is 10. The van der Waals surface area contributed by atoms with Crippen LogP contribution in [0, 0.1) is 0 Å². The zero-order valence-corrected chi connectivity index (χ0v) is 31.4. The molecular weight excluding hydrogens is 726 g/mol. The van der Waals surface area contributed by atoms with Crippen LogP contribution in [-0.4, -0.2) is 100 Å². The van der Waals surface area contributed by atoms with Crippen LogP contribution >= 0.6 is 0 Å². The van der Waals surface area contributed by atoms with E-state index in [4.69, 9.17) is 25.3 Å². The Labute approximate surface area is 323 Å². The monoisotopic (exact) mass is 771 g/mol. The number of amides is 3. The summed E-state index contributed by atoms with van der Waals surface area (Å²) in [5.41, 5.74) is 20.4. The van der Waals surface area contributed by atoms with E-state index in [1.54, 1.807) is 20.8 Å². The third kappa shape index (κ3) is 13.7. The number of nitrogens with zero attached hydrogens (tertiary/aromatic N) is 4. The van der Waals surface area contributed by atoms with Crippen LogP contribution in [0.3, 0.4) is 0 Å². The summed E-state index contributed by atoms with van der Waals surface area (Å²) in [5.74, 6) is -5.09. The van der Waals surface area contributed by atoms with Gasteiger partial charge >= 0.3 is 30.5 Å². The van der Waals surface area contributed by atoms with Crippen molar-refractivity contribution in [2.24, 2.45) is 0 Å². The van der Waals surface area contributed by atoms with E-state index in [0.29, 0.717) is 12.4 Å². The summed E-state index contributed by atoms with van der Waals surface area (Å²) in [6, 6.07) is 11.3. The molecule has 296 valence electrons. The predicted molar refractivity (Wildman–Crippen MR) is 200 cm³/mol. The average molecular weight is 772 g/mol. The van der Waals surface area contributed by atoms with E-state index >= 15 is 0 Å². The van der Waals surface area contributed by atoms with E-state index in [2.05, 4.69) is 32.1 Å². The summed E-state index contributed by atoms with van der Waals surface area (Å²) in [6.45, 7) is 8.09. The maximum atomic E-state index is 13.4. The molecule has 3 atom stereocenters. The Morgan fingerprint density at radius 3 is 1.79 bits per heavy atom. The lowest BCUT2D eigenvalue weighted by atomic mass is 9.98. The number of ketones is 2. The second kappa shape index (κ2) is 21.4. The van der Waals surface area contributed by atoms with Crippen molar-refractivity contribution < 1.29 is 57.4 Å². The van der Waals surface area contributed by atoms with Gasteiger partial charge in [0.15, 0.2) is 0 Å². The standard InChI is InChI=1S/C39H45N7O10/c1-5-20-54-36(51)32(17-15-25(48)22-43-41)45-35(50)31(16-14-24(47)21-42-40)44-34(49)19-18-33(37(52)56-39(2,3)4)46-38(53)55-23-30-28-12-8-6-10-26(28)27-11-7-9-13-29(27)30/h5-13,21-22,30-33H,1,14-20,23H2,2-4H3,(H,44,49)(H,45,50)(H,46,53)/t31-,32-,33-/m0/s1. The first kappa shape index (κ1) is 43.8. The van der Waals surface area contributed by atoms with Crippen molar-refractivity contribution in [2.75, 3.05) is 13.2 Å². The van der Waals surface area contributed by atoms with Crippen LogP contribution in [0.4, 0.5) is 4.79 Å². The lowest BCUT2D eigenvalue weighted by molar-refractivity contribution is -0.157. The van der Waals surface area contributed by atoms with Gasteiger partial charge in [-0.15, -0.1) is 0 Å². The van der Waals surface area contributed by atoms with Gasteiger partial charge in [0.05, 0.1) is 0 Å². The summed E-state index contributed by atoms with van der Waals surface area (Å²) in [7, 11) is 0. The number of carbonyl (C=O) groups is 7. The zero-order valence-electron chi connectivity index (χ0n) is 31.4. The van der Waals surface area contributed by atoms with E-state index in [0.717, 1.165) is 22.3 Å². The molecule has 3 rings (SSSR count). The Kier molecular flexibility index (Phi) is 16.7. The van der Waals surface area contributed by atoms with Crippen LogP contribution in [0.25, 0.3) is 22.2 Å². The van der Waals surface area contributed by atoms with Gasteiger partial charge in [0, 0.05) is 25.2 Å². The highest BCUT2D eigenvalue weighted by Crippen LogP contribution is 2.44. The van der Waals surface area contributed by atoms with E-state index in [1.165, 1.54) is 6.08 Å². The number of carbonyl (C=O) groups excluding carboxylic acids is 7. The summed E-state index contributed by atoms with van der Waals surface area (Å²) in [5, 5.41) is 7.37. The Morgan fingerprint density at radius 2 is 1.25 bits per heavy atom. The molecule has 0 bridgehead atoms. The highest BCUT2D eigenvalue weighted by atomic mass is 16.6. The molecule has 0 heterocycles. The number of rotatable bonds is 21. The molecule has 0 fully saturated rings. The second-order valence-corrected chi connectivity index (χ2v) is 13.7. The first-order chi connectivity index (χ1) is 26.7. The number of ether oxygens (including phenoxy) is 3. The molecule has 0 spiro atoms. The number of alkyl carbamates (subject to hydrolysis) is 1. The molecule has 1 aliphatic carbocycles. The molecule has 17 nitrogen and oxygen atoms in total. The van der Waals surface area contributed by atoms with Crippen LogP contribution in [0.15, 0.2) is 61.2 Å². The van der Waals surface area contributed by atoms with Gasteiger partial charge in [-0.25, -0.2) is 14.4 Å². The Morgan fingerprint density at radius 1 is 0.732 bits per heavy atom. The molecule has 3 amide bonds. The van der Waals surface area contributed by atoms with Gasteiger partial charge in [0.2, 0.25) is 23.4 Å². The van der Waals surface area contributed by atoms with Crippen LogP contribution in [-0.2, 0) is 43.0 Å². The molecule has 0 radical (unpaired) electrons. The van der Waals surface area contributed by atoms with Crippen molar-refractivity contribution in [2.45, 2.75) is 88.9 Å². The van der Waals surface area contributed by atoms with Gasteiger partial charge in [0.1, 0.15) is 36.9 Å². The minimum absolute atomic E-state index is 0.0385. The first-order valence-electron chi connectivity index (χ1n) is 17.8. The largest absolute Gasteiger partial charge is 0.460 e. The molecule has 56 heavy (non-hydrogen) atoms. The summed E-state index contributed by atoms with van der Waals surface area (Å²) < 4.78 is 16.1. The quantitative estimate of drug-likeness (QED) is 0.0417. The molecule has 2 aromatic rings. The smallest absolute Gasteiger partial charge is 0.407 e. The van der Waals surface area contributed by atoms with Crippen molar-refractivity contribution in [1.29, 1.82) is 0 Å². The zero-order chi connectivity index (χ0) is 41.3. The molecular formula is C39H45N7O10. The number of fused-ring (bicyclic) bond motifs is 3. The van der Waals surface area contributed by atoms with E-state index < -0.39 is 71.6 Å². The number of Topliss-reactive ketones (excluding diaryl/α,β-unsaturated/α-hetero) is 2. The Bertz CT molecular complexity index is 1870. The number of benzene rings is 2. The summed E-state index contributed by atoms with van der Waals surface area (Å²) in [6.07, 6.45) is -0.425. The third-order valence-corrected chi connectivity index (χ3v) is 8.35. The number of nitrogens with one attached hydrogen (secondary N) is 3. The molecule has 17 heteroatoms. The summed E-state index contributed by atoms with van der Waals surface area (Å²) in [4.78, 5) is 95.1. The van der Waals surface area contributed by atoms with Crippen LogP contribution in [0.5, 0.6) is 0 Å². The van der Waals surface area contributed by atoms with Crippen molar-refractivity contribution in [1.82, 2.24) is 16.0 Å². The van der Waals surface area contributed by atoms with Crippen LogP contribution < -0.4 is 16.0 Å². The van der Waals surface area contributed by atoms with Gasteiger partial charge in [-0.2, -0.15) is 9.58 Å². The average Bonchev–Trinajstić information content (AvgIpc) is 3.47. The van der Waals surface area contributed by atoms with Gasteiger partial charge in [-0.1, -0.05) is 61.2 Å². The molecule has 0 aromatic heterocycles. The molecule has 0 unspecified atom stereocenters. The number of esters is 2. The fraction of sp³-hybridized carbons (Fsp3) is 0.410. The minimum Gasteiger partial charge on any atom is -0.460 e. The Hall–Kier alpha value is -6.57. The normalized spacial score (nSPS) is 13.1. The lowest BCUT2D eigenvalue weighted by Gasteiger charge is -2.25. The van der Waals surface area contributed by atoms with Gasteiger partial charge in [0.25, 0.3) is 0 Å². The van der Waals surface area contributed by atoms with Gasteiger partial charge in [-0.3, -0.25) is 19.2 Å².